The predicted octanol–water partition coefficient (Wildman–Crippen LogP) is 5.65. The van der Waals surface area contributed by atoms with Gasteiger partial charge in [-0.3, -0.25) is 4.79 Å². The molecule has 0 spiro atoms. The number of aromatic amines is 1. The molecule has 0 saturated heterocycles. The second kappa shape index (κ2) is 18.6. The Labute approximate surface area is 188 Å². The molecule has 0 aliphatic carbocycles. The van der Waals surface area contributed by atoms with E-state index in [-0.39, 0.29) is 5.91 Å². The van der Waals surface area contributed by atoms with Gasteiger partial charge in [0.1, 0.15) is 6.04 Å². The van der Waals surface area contributed by atoms with Crippen LogP contribution in [-0.4, -0.2) is 35.0 Å². The van der Waals surface area contributed by atoms with Gasteiger partial charge in [0.15, 0.2) is 0 Å². The molecule has 0 fully saturated rings. The molecular weight excluding hydrogens is 390 g/mol. The Hall–Kier alpha value is -2.11. The highest BCUT2D eigenvalue weighted by Crippen LogP contribution is 2.10. The van der Waals surface area contributed by atoms with Gasteiger partial charge in [-0.05, 0) is 32.1 Å². The van der Waals surface area contributed by atoms with Crippen molar-refractivity contribution in [3.05, 3.63) is 30.4 Å². The third-order valence-electron chi connectivity index (χ3n) is 5.47. The summed E-state index contributed by atoms with van der Waals surface area (Å²) < 4.78 is 4.80. The first-order chi connectivity index (χ1) is 15.2. The first-order valence-corrected chi connectivity index (χ1v) is 12.2. The molecule has 0 aromatic carbocycles. The van der Waals surface area contributed by atoms with E-state index < -0.39 is 12.0 Å². The topological polar surface area (TPSA) is 84.1 Å². The number of carbonyl (C=O) groups excluding carboxylic acids is 2. The minimum absolute atomic E-state index is 0.104. The summed E-state index contributed by atoms with van der Waals surface area (Å²) in [5, 5.41) is 2.79. The number of nitrogens with one attached hydrogen (secondary N) is 2. The van der Waals surface area contributed by atoms with Crippen LogP contribution in [0.25, 0.3) is 0 Å². The first-order valence-electron chi connectivity index (χ1n) is 12.2. The number of ether oxygens (including phenoxy) is 1. The highest BCUT2D eigenvalue weighted by atomic mass is 16.5. The lowest BCUT2D eigenvalue weighted by atomic mass is 10.1. The maximum Gasteiger partial charge on any atom is 0.328 e. The molecule has 0 radical (unpaired) electrons. The number of aromatic nitrogens is 2. The fraction of sp³-hybridized carbons (Fsp3) is 0.720. The molecule has 176 valence electrons. The number of carbonyl (C=O) groups is 2. The van der Waals surface area contributed by atoms with Gasteiger partial charge in [-0.1, -0.05) is 70.4 Å². The summed E-state index contributed by atoms with van der Waals surface area (Å²) in [5.41, 5.74) is 0.789. The van der Waals surface area contributed by atoms with E-state index in [4.69, 9.17) is 4.74 Å². The largest absolute Gasteiger partial charge is 0.467 e. The Morgan fingerprint density at radius 1 is 1.00 bits per heavy atom. The van der Waals surface area contributed by atoms with Gasteiger partial charge in [-0.25, -0.2) is 9.78 Å². The summed E-state index contributed by atoms with van der Waals surface area (Å²) in [4.78, 5) is 31.0. The molecule has 1 rings (SSSR count). The lowest BCUT2D eigenvalue weighted by Gasteiger charge is -2.15. The minimum atomic E-state index is -0.680. The molecule has 0 aliphatic rings. The van der Waals surface area contributed by atoms with Crippen LogP contribution in [0, 0.1) is 0 Å². The van der Waals surface area contributed by atoms with Gasteiger partial charge in [0.05, 0.1) is 13.4 Å². The molecule has 0 bridgehead atoms. The molecule has 6 heteroatoms. The van der Waals surface area contributed by atoms with Crippen molar-refractivity contribution in [2.24, 2.45) is 0 Å². The number of hydrogen-bond donors (Lipinski definition) is 2. The third kappa shape index (κ3) is 14.5. The van der Waals surface area contributed by atoms with Crippen molar-refractivity contribution in [1.29, 1.82) is 0 Å². The van der Waals surface area contributed by atoms with Gasteiger partial charge in [-0.2, -0.15) is 0 Å². The SMILES string of the molecule is CCCCCCCC/C=C\CCCCCCCC(=O)N[C@@H](Cc1cnc[nH]1)C(=O)OC. The van der Waals surface area contributed by atoms with Crippen molar-refractivity contribution >= 4 is 11.9 Å². The molecule has 1 amide bonds. The summed E-state index contributed by atoms with van der Waals surface area (Å²) in [6.45, 7) is 2.26. The Balaban J connectivity index is 2.00. The van der Waals surface area contributed by atoms with Crippen LogP contribution in [-0.2, 0) is 20.7 Å². The summed E-state index contributed by atoms with van der Waals surface area (Å²) in [7, 11) is 1.33. The quantitative estimate of drug-likeness (QED) is 0.168. The zero-order valence-corrected chi connectivity index (χ0v) is 19.7. The molecular formula is C25H43N3O3. The van der Waals surface area contributed by atoms with Crippen LogP contribution in [0.5, 0.6) is 0 Å². The standard InChI is InChI=1S/C25H43N3O3/c1-3-4-5-6-7-8-9-10-11-12-13-14-15-16-17-18-24(29)28-23(25(30)31-2)19-22-20-26-21-27-22/h10-11,20-21,23H,3-9,12-19H2,1-2H3,(H,26,27)(H,28,29)/b11-10-/t23-/m0/s1. The van der Waals surface area contributed by atoms with E-state index in [0.717, 1.165) is 31.4 Å². The van der Waals surface area contributed by atoms with E-state index in [1.165, 1.54) is 64.9 Å². The van der Waals surface area contributed by atoms with Crippen LogP contribution in [0.2, 0.25) is 0 Å². The lowest BCUT2D eigenvalue weighted by molar-refractivity contribution is -0.145. The molecule has 0 saturated carbocycles. The highest BCUT2D eigenvalue weighted by molar-refractivity contribution is 5.84. The van der Waals surface area contributed by atoms with E-state index in [9.17, 15) is 9.59 Å². The van der Waals surface area contributed by atoms with Crippen LogP contribution in [0.4, 0.5) is 0 Å². The van der Waals surface area contributed by atoms with Crippen molar-refractivity contribution in [1.82, 2.24) is 15.3 Å². The molecule has 1 heterocycles. The zero-order chi connectivity index (χ0) is 22.6. The summed E-state index contributed by atoms with van der Waals surface area (Å²) in [6.07, 6.45) is 24.6. The predicted molar refractivity (Wildman–Crippen MR) is 126 cm³/mol. The van der Waals surface area contributed by atoms with Gasteiger partial charge < -0.3 is 15.0 Å². The second-order valence-corrected chi connectivity index (χ2v) is 8.26. The second-order valence-electron chi connectivity index (χ2n) is 8.26. The van der Waals surface area contributed by atoms with Gasteiger partial charge >= 0.3 is 5.97 Å². The number of amides is 1. The normalized spacial score (nSPS) is 12.2. The average Bonchev–Trinajstić information content (AvgIpc) is 3.28. The van der Waals surface area contributed by atoms with Crippen molar-refractivity contribution in [3.63, 3.8) is 0 Å². The summed E-state index contributed by atoms with van der Waals surface area (Å²) in [6, 6.07) is -0.680. The van der Waals surface area contributed by atoms with Crippen LogP contribution < -0.4 is 5.32 Å². The molecule has 31 heavy (non-hydrogen) atoms. The Bertz CT molecular complexity index is 599. The number of H-pyrrole nitrogens is 1. The third-order valence-corrected chi connectivity index (χ3v) is 5.47. The Morgan fingerprint density at radius 3 is 2.19 bits per heavy atom. The smallest absolute Gasteiger partial charge is 0.328 e. The van der Waals surface area contributed by atoms with Gasteiger partial charge in [0, 0.05) is 24.7 Å². The Kier molecular flexibility index (Phi) is 16.2. The van der Waals surface area contributed by atoms with E-state index in [1.807, 2.05) is 0 Å². The van der Waals surface area contributed by atoms with Crippen LogP contribution in [0.3, 0.4) is 0 Å². The maximum atomic E-state index is 12.2. The van der Waals surface area contributed by atoms with Gasteiger partial charge in [0.2, 0.25) is 5.91 Å². The number of allylic oxidation sites excluding steroid dienone is 2. The van der Waals surface area contributed by atoms with Crippen molar-refractivity contribution in [3.8, 4) is 0 Å². The van der Waals surface area contributed by atoms with Crippen molar-refractivity contribution in [2.75, 3.05) is 7.11 Å². The molecule has 0 aliphatic heterocycles. The van der Waals surface area contributed by atoms with Crippen LogP contribution in [0.1, 0.15) is 103 Å². The molecule has 1 aromatic rings. The fourth-order valence-electron chi connectivity index (χ4n) is 3.57. The van der Waals surface area contributed by atoms with E-state index in [1.54, 1.807) is 12.5 Å². The number of imidazole rings is 1. The molecule has 1 aromatic heterocycles. The number of unbranched alkanes of at least 4 members (excludes halogenated alkanes) is 11. The average molecular weight is 434 g/mol. The molecule has 0 unspecified atom stereocenters. The summed E-state index contributed by atoms with van der Waals surface area (Å²) in [5.74, 6) is -0.542. The van der Waals surface area contributed by atoms with Crippen LogP contribution >= 0.6 is 0 Å². The number of esters is 1. The molecule has 6 nitrogen and oxygen atoms in total. The van der Waals surface area contributed by atoms with Crippen LogP contribution in [0.15, 0.2) is 24.7 Å². The van der Waals surface area contributed by atoms with E-state index in [2.05, 4.69) is 34.4 Å². The molecule has 2 N–H and O–H groups in total. The van der Waals surface area contributed by atoms with Crippen molar-refractivity contribution in [2.45, 2.75) is 109 Å². The number of hydrogen-bond acceptors (Lipinski definition) is 4. The lowest BCUT2D eigenvalue weighted by Crippen LogP contribution is -2.43. The molecule has 1 atom stereocenters. The van der Waals surface area contributed by atoms with Crippen molar-refractivity contribution < 1.29 is 14.3 Å². The zero-order valence-electron chi connectivity index (χ0n) is 19.7. The van der Waals surface area contributed by atoms with E-state index >= 15 is 0 Å². The summed E-state index contributed by atoms with van der Waals surface area (Å²) >= 11 is 0. The minimum Gasteiger partial charge on any atom is -0.467 e. The Morgan fingerprint density at radius 2 is 1.61 bits per heavy atom. The number of methoxy groups -OCH3 is 1. The van der Waals surface area contributed by atoms with Gasteiger partial charge in [0.25, 0.3) is 0 Å². The maximum absolute atomic E-state index is 12.2. The van der Waals surface area contributed by atoms with E-state index in [0.29, 0.717) is 12.8 Å². The monoisotopic (exact) mass is 433 g/mol. The number of rotatable bonds is 19. The highest BCUT2D eigenvalue weighted by Gasteiger charge is 2.22. The van der Waals surface area contributed by atoms with Gasteiger partial charge in [-0.15, -0.1) is 0 Å². The first kappa shape index (κ1) is 26.9. The number of nitrogens with zero attached hydrogens (tertiary/aromatic N) is 1. The fourth-order valence-corrected chi connectivity index (χ4v) is 3.57.